The van der Waals surface area contributed by atoms with Crippen molar-refractivity contribution in [1.29, 1.82) is 0 Å². The summed E-state index contributed by atoms with van der Waals surface area (Å²) in [7, 11) is 0. The lowest BCUT2D eigenvalue weighted by Crippen LogP contribution is -2.09. The van der Waals surface area contributed by atoms with Crippen LogP contribution in [0.2, 0.25) is 5.02 Å². The summed E-state index contributed by atoms with van der Waals surface area (Å²) >= 11 is 6.15. The van der Waals surface area contributed by atoms with Gasteiger partial charge in [0.15, 0.2) is 11.7 Å². The Kier molecular flexibility index (Phi) is 5.19. The lowest BCUT2D eigenvalue weighted by molar-refractivity contribution is -0.134. The molecule has 0 aliphatic rings. The third-order valence-electron chi connectivity index (χ3n) is 3.66. The Hall–Kier alpha value is -2.59. The van der Waals surface area contributed by atoms with Crippen molar-refractivity contribution in [2.24, 2.45) is 0 Å². The average Bonchev–Trinajstić information content (AvgIpc) is 3.01. The number of benzene rings is 2. The van der Waals surface area contributed by atoms with Crippen LogP contribution >= 0.6 is 11.6 Å². The van der Waals surface area contributed by atoms with Crippen molar-refractivity contribution in [2.45, 2.75) is 26.7 Å². The molecule has 0 saturated carbocycles. The van der Waals surface area contributed by atoms with Gasteiger partial charge in [-0.3, -0.25) is 4.79 Å². The van der Waals surface area contributed by atoms with E-state index in [9.17, 15) is 4.79 Å². The van der Waals surface area contributed by atoms with E-state index >= 15 is 0 Å². The van der Waals surface area contributed by atoms with Crippen molar-refractivity contribution < 1.29 is 13.9 Å². The van der Waals surface area contributed by atoms with Crippen LogP contribution in [0.1, 0.15) is 23.4 Å². The summed E-state index contributed by atoms with van der Waals surface area (Å²) in [6.45, 7) is 3.93. The number of nitrogens with zero attached hydrogens (tertiary/aromatic N) is 1. The van der Waals surface area contributed by atoms with Gasteiger partial charge < -0.3 is 9.15 Å². The number of carbonyl (C=O) groups is 1. The maximum Gasteiger partial charge on any atom is 0.311 e. The molecule has 4 nitrogen and oxygen atoms in total. The minimum absolute atomic E-state index is 0.190. The minimum atomic E-state index is -0.317. The maximum atomic E-state index is 12.0. The smallest absolute Gasteiger partial charge is 0.311 e. The second-order valence-corrected chi connectivity index (χ2v) is 6.30. The van der Waals surface area contributed by atoms with Crippen LogP contribution in [0, 0.1) is 13.8 Å². The van der Waals surface area contributed by atoms with Crippen molar-refractivity contribution in [3.05, 3.63) is 70.7 Å². The van der Waals surface area contributed by atoms with Gasteiger partial charge in [-0.1, -0.05) is 29.8 Å². The molecule has 0 spiro atoms. The van der Waals surface area contributed by atoms with E-state index in [4.69, 9.17) is 20.8 Å². The summed E-state index contributed by atoms with van der Waals surface area (Å²) in [4.78, 5) is 16.2. The Morgan fingerprint density at radius 1 is 1.16 bits per heavy atom. The Balaban J connectivity index is 1.60. The fourth-order valence-electron chi connectivity index (χ4n) is 2.59. The number of rotatable bonds is 5. The highest BCUT2D eigenvalue weighted by Crippen LogP contribution is 2.28. The first kappa shape index (κ1) is 17.2. The normalized spacial score (nSPS) is 10.7. The first-order valence-corrected chi connectivity index (χ1v) is 8.37. The van der Waals surface area contributed by atoms with Gasteiger partial charge in [-0.25, -0.2) is 4.98 Å². The molecule has 0 amide bonds. The van der Waals surface area contributed by atoms with Gasteiger partial charge in [0.25, 0.3) is 0 Å². The molecule has 128 valence electrons. The topological polar surface area (TPSA) is 52.3 Å². The van der Waals surface area contributed by atoms with E-state index in [1.807, 2.05) is 50.2 Å². The molecule has 3 rings (SSSR count). The number of esters is 1. The molecule has 0 N–H and O–H groups in total. The van der Waals surface area contributed by atoms with Crippen LogP contribution < -0.4 is 4.74 Å². The lowest BCUT2D eigenvalue weighted by Gasteiger charge is -2.06. The van der Waals surface area contributed by atoms with E-state index in [0.29, 0.717) is 28.8 Å². The predicted molar refractivity (Wildman–Crippen MR) is 96.8 cm³/mol. The SMILES string of the molecule is Cc1cc(C)cc(OC(=O)CCc2ncc(-c3ccccc3Cl)o2)c1. The summed E-state index contributed by atoms with van der Waals surface area (Å²) in [5.74, 6) is 1.31. The first-order valence-electron chi connectivity index (χ1n) is 8.00. The fourth-order valence-corrected chi connectivity index (χ4v) is 2.82. The molecular weight excluding hydrogens is 338 g/mol. The third-order valence-corrected chi connectivity index (χ3v) is 3.99. The molecule has 0 bridgehead atoms. The molecule has 2 aromatic carbocycles. The van der Waals surface area contributed by atoms with Crippen molar-refractivity contribution in [1.82, 2.24) is 4.98 Å². The number of carbonyl (C=O) groups excluding carboxylic acids is 1. The molecule has 25 heavy (non-hydrogen) atoms. The number of hydrogen-bond donors (Lipinski definition) is 0. The molecule has 0 aliphatic heterocycles. The summed E-state index contributed by atoms with van der Waals surface area (Å²) in [5.41, 5.74) is 2.89. The summed E-state index contributed by atoms with van der Waals surface area (Å²) in [5, 5.41) is 0.597. The van der Waals surface area contributed by atoms with Crippen molar-refractivity contribution in [3.8, 4) is 17.1 Å². The fraction of sp³-hybridized carbons (Fsp3) is 0.200. The quantitative estimate of drug-likeness (QED) is 0.469. The Morgan fingerprint density at radius 2 is 1.88 bits per heavy atom. The number of oxazole rings is 1. The largest absolute Gasteiger partial charge is 0.441 e. The zero-order chi connectivity index (χ0) is 17.8. The number of halogens is 1. The highest BCUT2D eigenvalue weighted by atomic mass is 35.5. The van der Waals surface area contributed by atoms with Gasteiger partial charge in [0.2, 0.25) is 0 Å². The monoisotopic (exact) mass is 355 g/mol. The van der Waals surface area contributed by atoms with E-state index in [1.165, 1.54) is 0 Å². The van der Waals surface area contributed by atoms with Gasteiger partial charge in [-0.05, 0) is 49.2 Å². The summed E-state index contributed by atoms with van der Waals surface area (Å²) in [6, 6.07) is 13.1. The first-order chi connectivity index (χ1) is 12.0. The van der Waals surface area contributed by atoms with Gasteiger partial charge in [-0.15, -0.1) is 0 Å². The van der Waals surface area contributed by atoms with Gasteiger partial charge in [-0.2, -0.15) is 0 Å². The lowest BCUT2D eigenvalue weighted by atomic mass is 10.1. The van der Waals surface area contributed by atoms with Gasteiger partial charge in [0.05, 0.1) is 17.6 Å². The second-order valence-electron chi connectivity index (χ2n) is 5.90. The van der Waals surface area contributed by atoms with Crippen LogP contribution in [-0.4, -0.2) is 11.0 Å². The number of hydrogen-bond acceptors (Lipinski definition) is 4. The van der Waals surface area contributed by atoms with E-state index in [1.54, 1.807) is 12.3 Å². The van der Waals surface area contributed by atoms with E-state index in [0.717, 1.165) is 16.7 Å². The van der Waals surface area contributed by atoms with Crippen LogP contribution in [0.3, 0.4) is 0 Å². The molecule has 3 aromatic rings. The Labute approximate surface area is 151 Å². The van der Waals surface area contributed by atoms with Crippen molar-refractivity contribution in [3.63, 3.8) is 0 Å². The Morgan fingerprint density at radius 3 is 2.60 bits per heavy atom. The summed E-state index contributed by atoms with van der Waals surface area (Å²) in [6.07, 6.45) is 2.18. The van der Waals surface area contributed by atoms with E-state index in [2.05, 4.69) is 4.98 Å². The third kappa shape index (κ3) is 4.48. The van der Waals surface area contributed by atoms with Crippen LogP contribution in [0.4, 0.5) is 0 Å². The molecule has 0 aliphatic carbocycles. The Bertz CT molecular complexity index is 881. The van der Waals surface area contributed by atoms with E-state index in [-0.39, 0.29) is 12.4 Å². The number of ether oxygens (including phenoxy) is 1. The van der Waals surface area contributed by atoms with Crippen LogP contribution in [0.5, 0.6) is 5.75 Å². The standard InChI is InChI=1S/C20H18ClNO3/c1-13-9-14(2)11-15(10-13)24-20(23)8-7-19-22-12-18(25-19)16-5-3-4-6-17(16)21/h3-6,9-12H,7-8H2,1-2H3. The molecule has 0 unspecified atom stereocenters. The minimum Gasteiger partial charge on any atom is -0.441 e. The van der Waals surface area contributed by atoms with Gasteiger partial charge >= 0.3 is 5.97 Å². The van der Waals surface area contributed by atoms with Crippen LogP contribution in [-0.2, 0) is 11.2 Å². The molecule has 0 fully saturated rings. The molecule has 1 heterocycles. The van der Waals surface area contributed by atoms with Crippen LogP contribution in [0.15, 0.2) is 53.1 Å². The average molecular weight is 356 g/mol. The molecule has 0 atom stereocenters. The predicted octanol–water partition coefficient (Wildman–Crippen LogP) is 5.15. The molecule has 0 saturated heterocycles. The van der Waals surface area contributed by atoms with Crippen molar-refractivity contribution in [2.75, 3.05) is 0 Å². The molecule has 5 heteroatoms. The maximum absolute atomic E-state index is 12.0. The number of aryl methyl sites for hydroxylation is 3. The highest BCUT2D eigenvalue weighted by molar-refractivity contribution is 6.33. The molecule has 1 aromatic heterocycles. The second kappa shape index (κ2) is 7.53. The highest BCUT2D eigenvalue weighted by Gasteiger charge is 2.12. The number of aromatic nitrogens is 1. The zero-order valence-corrected chi connectivity index (χ0v) is 14.8. The molecule has 0 radical (unpaired) electrons. The molecular formula is C20H18ClNO3. The van der Waals surface area contributed by atoms with Gasteiger partial charge in [0, 0.05) is 12.0 Å². The van der Waals surface area contributed by atoms with Crippen LogP contribution in [0.25, 0.3) is 11.3 Å². The van der Waals surface area contributed by atoms with E-state index < -0.39 is 0 Å². The summed E-state index contributed by atoms with van der Waals surface area (Å²) < 4.78 is 11.1. The van der Waals surface area contributed by atoms with Crippen molar-refractivity contribution >= 4 is 17.6 Å². The van der Waals surface area contributed by atoms with Gasteiger partial charge in [0.1, 0.15) is 5.75 Å². The zero-order valence-electron chi connectivity index (χ0n) is 14.1.